The predicted molar refractivity (Wildman–Crippen MR) is 107 cm³/mol. The summed E-state index contributed by atoms with van der Waals surface area (Å²) < 4.78 is 5.54. The molecule has 0 N–H and O–H groups in total. The van der Waals surface area contributed by atoms with E-state index in [1.807, 2.05) is 30.5 Å². The lowest BCUT2D eigenvalue weighted by atomic mass is 9.98. The smallest absolute Gasteiger partial charge is 0.128 e. The molecule has 4 rings (SSSR count). The molecule has 0 atom stereocenters. The molecule has 0 unspecified atom stereocenters. The molecule has 0 bridgehead atoms. The fourth-order valence-corrected chi connectivity index (χ4v) is 3.43. The molecule has 3 aromatic rings. The van der Waals surface area contributed by atoms with E-state index in [4.69, 9.17) is 16.3 Å². The Kier molecular flexibility index (Phi) is 4.81. The summed E-state index contributed by atoms with van der Waals surface area (Å²) in [7, 11) is 1.70. The highest BCUT2D eigenvalue weighted by Gasteiger charge is 2.15. The van der Waals surface area contributed by atoms with Crippen LogP contribution in [0.2, 0.25) is 5.02 Å². The molecule has 2 heterocycles. The molecule has 0 radical (unpaired) electrons. The minimum Gasteiger partial charge on any atom is -0.496 e. The van der Waals surface area contributed by atoms with Crippen LogP contribution in [-0.2, 0) is 6.42 Å². The minimum absolute atomic E-state index is 0.723. The second-order valence-corrected chi connectivity index (χ2v) is 7.02. The van der Waals surface area contributed by atoms with Crippen molar-refractivity contribution in [3.8, 4) is 16.9 Å². The lowest BCUT2D eigenvalue weighted by Crippen LogP contribution is -2.37. The SMILES string of the molecule is COc1ccc(Cc2ccc(N3CCC3)nc2)cc1-c1cccc(Cl)c1. The zero-order chi connectivity index (χ0) is 17.9. The number of ether oxygens (including phenoxy) is 1. The van der Waals surface area contributed by atoms with Crippen molar-refractivity contribution in [2.75, 3.05) is 25.1 Å². The van der Waals surface area contributed by atoms with E-state index in [1.165, 1.54) is 17.5 Å². The van der Waals surface area contributed by atoms with Crippen LogP contribution >= 0.6 is 11.6 Å². The highest BCUT2D eigenvalue weighted by Crippen LogP contribution is 2.33. The number of nitrogens with zero attached hydrogens (tertiary/aromatic N) is 2. The van der Waals surface area contributed by atoms with E-state index in [-0.39, 0.29) is 0 Å². The third-order valence-electron chi connectivity index (χ3n) is 4.80. The van der Waals surface area contributed by atoms with Crippen molar-refractivity contribution < 1.29 is 4.74 Å². The van der Waals surface area contributed by atoms with Gasteiger partial charge in [0, 0.05) is 29.9 Å². The van der Waals surface area contributed by atoms with Crippen LogP contribution in [0.25, 0.3) is 11.1 Å². The van der Waals surface area contributed by atoms with E-state index in [1.54, 1.807) is 7.11 Å². The number of hydrogen-bond acceptors (Lipinski definition) is 3. The highest BCUT2D eigenvalue weighted by molar-refractivity contribution is 6.30. The summed E-state index contributed by atoms with van der Waals surface area (Å²) in [6.45, 7) is 2.24. The molecule has 2 aromatic carbocycles. The Morgan fingerprint density at radius 3 is 2.54 bits per heavy atom. The fourth-order valence-electron chi connectivity index (χ4n) is 3.24. The molecule has 26 heavy (non-hydrogen) atoms. The van der Waals surface area contributed by atoms with Gasteiger partial charge in [-0.2, -0.15) is 0 Å². The monoisotopic (exact) mass is 364 g/mol. The summed E-state index contributed by atoms with van der Waals surface area (Å²) in [5.41, 5.74) is 4.54. The first kappa shape index (κ1) is 16.9. The van der Waals surface area contributed by atoms with Gasteiger partial charge in [0.15, 0.2) is 0 Å². The second kappa shape index (κ2) is 7.38. The third-order valence-corrected chi connectivity index (χ3v) is 5.03. The standard InChI is InChI=1S/C22H21ClN2O/c1-26-21-8-6-16(13-20(21)18-4-2-5-19(23)14-18)12-17-7-9-22(24-15-17)25-10-3-11-25/h2,4-9,13-15H,3,10-12H2,1H3. The Bertz CT molecular complexity index is 904. The lowest BCUT2D eigenvalue weighted by Gasteiger charge is -2.31. The summed E-state index contributed by atoms with van der Waals surface area (Å²) in [5, 5.41) is 0.723. The van der Waals surface area contributed by atoms with Gasteiger partial charge in [-0.05, 0) is 59.9 Å². The minimum atomic E-state index is 0.723. The average Bonchev–Trinajstić information content (AvgIpc) is 2.62. The van der Waals surface area contributed by atoms with E-state index in [0.717, 1.165) is 47.2 Å². The normalized spacial score (nSPS) is 13.4. The van der Waals surface area contributed by atoms with Crippen LogP contribution in [0.3, 0.4) is 0 Å². The van der Waals surface area contributed by atoms with Gasteiger partial charge in [0.05, 0.1) is 7.11 Å². The maximum Gasteiger partial charge on any atom is 0.128 e. The van der Waals surface area contributed by atoms with Crippen molar-refractivity contribution in [2.24, 2.45) is 0 Å². The van der Waals surface area contributed by atoms with Crippen LogP contribution in [0.15, 0.2) is 60.8 Å². The lowest BCUT2D eigenvalue weighted by molar-refractivity contribution is 0.416. The molecule has 1 saturated heterocycles. The largest absolute Gasteiger partial charge is 0.496 e. The van der Waals surface area contributed by atoms with Crippen molar-refractivity contribution in [2.45, 2.75) is 12.8 Å². The van der Waals surface area contributed by atoms with Crippen LogP contribution < -0.4 is 9.64 Å². The van der Waals surface area contributed by atoms with Crippen molar-refractivity contribution >= 4 is 17.4 Å². The van der Waals surface area contributed by atoms with Gasteiger partial charge in [0.2, 0.25) is 0 Å². The number of anilines is 1. The van der Waals surface area contributed by atoms with Crippen LogP contribution in [0, 0.1) is 0 Å². The topological polar surface area (TPSA) is 25.4 Å². The van der Waals surface area contributed by atoms with Crippen LogP contribution in [0.1, 0.15) is 17.5 Å². The van der Waals surface area contributed by atoms with E-state index in [0.29, 0.717) is 0 Å². The molecule has 0 aliphatic carbocycles. The first-order chi connectivity index (χ1) is 12.7. The van der Waals surface area contributed by atoms with Gasteiger partial charge < -0.3 is 9.64 Å². The van der Waals surface area contributed by atoms with Crippen molar-refractivity contribution in [3.05, 3.63) is 76.9 Å². The summed E-state index contributed by atoms with van der Waals surface area (Å²) in [6, 6.07) is 18.5. The number of pyridine rings is 1. The van der Waals surface area contributed by atoms with E-state index in [2.05, 4.69) is 40.2 Å². The van der Waals surface area contributed by atoms with Crippen LogP contribution in [0.5, 0.6) is 5.75 Å². The molecule has 3 nitrogen and oxygen atoms in total. The molecule has 1 aliphatic rings. The number of aromatic nitrogens is 1. The highest BCUT2D eigenvalue weighted by atomic mass is 35.5. The van der Waals surface area contributed by atoms with Gasteiger partial charge in [0.1, 0.15) is 11.6 Å². The van der Waals surface area contributed by atoms with Gasteiger partial charge in [-0.15, -0.1) is 0 Å². The van der Waals surface area contributed by atoms with Gasteiger partial charge in [-0.25, -0.2) is 4.98 Å². The molecule has 4 heteroatoms. The van der Waals surface area contributed by atoms with Gasteiger partial charge >= 0.3 is 0 Å². The number of halogens is 1. The van der Waals surface area contributed by atoms with Gasteiger partial charge in [0.25, 0.3) is 0 Å². The molecule has 0 spiro atoms. The molecule has 0 saturated carbocycles. The first-order valence-electron chi connectivity index (χ1n) is 8.86. The average molecular weight is 365 g/mol. The fraction of sp³-hybridized carbons (Fsp3) is 0.227. The number of benzene rings is 2. The number of rotatable bonds is 5. The van der Waals surface area contributed by atoms with Crippen LogP contribution in [-0.4, -0.2) is 25.2 Å². The zero-order valence-electron chi connectivity index (χ0n) is 14.8. The van der Waals surface area contributed by atoms with Crippen molar-refractivity contribution in [1.29, 1.82) is 0 Å². The summed E-state index contributed by atoms with van der Waals surface area (Å²) in [6.07, 6.45) is 4.09. The molecule has 1 fully saturated rings. The maximum atomic E-state index is 6.16. The summed E-state index contributed by atoms with van der Waals surface area (Å²) in [5.74, 6) is 1.93. The maximum absolute atomic E-state index is 6.16. The summed E-state index contributed by atoms with van der Waals surface area (Å²) in [4.78, 5) is 6.91. The zero-order valence-corrected chi connectivity index (χ0v) is 15.5. The Morgan fingerprint density at radius 2 is 1.88 bits per heavy atom. The van der Waals surface area contributed by atoms with Gasteiger partial charge in [-0.1, -0.05) is 35.9 Å². The molecular weight excluding hydrogens is 344 g/mol. The molecule has 0 amide bonds. The third kappa shape index (κ3) is 3.54. The Balaban J connectivity index is 1.59. The van der Waals surface area contributed by atoms with Crippen molar-refractivity contribution in [1.82, 2.24) is 4.98 Å². The van der Waals surface area contributed by atoms with E-state index < -0.39 is 0 Å². The Morgan fingerprint density at radius 1 is 1.04 bits per heavy atom. The van der Waals surface area contributed by atoms with E-state index in [9.17, 15) is 0 Å². The summed E-state index contributed by atoms with van der Waals surface area (Å²) >= 11 is 6.16. The molecular formula is C22H21ClN2O. The second-order valence-electron chi connectivity index (χ2n) is 6.59. The molecule has 1 aliphatic heterocycles. The first-order valence-corrected chi connectivity index (χ1v) is 9.23. The Labute approximate surface area is 159 Å². The Hall–Kier alpha value is -2.52. The number of methoxy groups -OCH3 is 1. The number of hydrogen-bond donors (Lipinski definition) is 0. The van der Waals surface area contributed by atoms with Crippen molar-refractivity contribution in [3.63, 3.8) is 0 Å². The molecule has 1 aromatic heterocycles. The van der Waals surface area contributed by atoms with Gasteiger partial charge in [-0.3, -0.25) is 0 Å². The molecule has 132 valence electrons. The van der Waals surface area contributed by atoms with Crippen LogP contribution in [0.4, 0.5) is 5.82 Å². The predicted octanol–water partition coefficient (Wildman–Crippen LogP) is 5.21. The van der Waals surface area contributed by atoms with E-state index >= 15 is 0 Å². The quantitative estimate of drug-likeness (QED) is 0.621.